The Kier molecular flexibility index (Phi) is 5.82. The minimum Gasteiger partial charge on any atom is -0.480 e. The van der Waals surface area contributed by atoms with Gasteiger partial charge in [0.15, 0.2) is 6.10 Å². The Morgan fingerprint density at radius 3 is 2.59 bits per heavy atom. The Bertz CT molecular complexity index is 618. The molecule has 3 nitrogen and oxygen atoms in total. The maximum absolute atomic E-state index is 12.4. The van der Waals surface area contributed by atoms with Crippen molar-refractivity contribution in [3.8, 4) is 5.75 Å². The van der Waals surface area contributed by atoms with Gasteiger partial charge in [0.25, 0.3) is 5.91 Å². The standard InChI is InChI=1S/C19H25NO2/c1-4-9-14(3)20-19(21)17(5-2)22-18-13-8-11-15-10-6-7-12-16(15)18/h6-8,10-14,17H,4-5,9H2,1-3H3,(H,20,21)/t14-,17-/m1/s1. The highest BCUT2D eigenvalue weighted by molar-refractivity contribution is 5.89. The van der Waals surface area contributed by atoms with Crippen LogP contribution in [0.4, 0.5) is 0 Å². The Morgan fingerprint density at radius 1 is 1.14 bits per heavy atom. The molecule has 0 aliphatic heterocycles. The van der Waals surface area contributed by atoms with Gasteiger partial charge in [0.1, 0.15) is 5.75 Å². The fraction of sp³-hybridized carbons (Fsp3) is 0.421. The van der Waals surface area contributed by atoms with E-state index in [1.54, 1.807) is 0 Å². The Morgan fingerprint density at radius 2 is 1.86 bits per heavy atom. The van der Waals surface area contributed by atoms with E-state index < -0.39 is 6.10 Å². The van der Waals surface area contributed by atoms with Crippen LogP contribution in [0.1, 0.15) is 40.0 Å². The van der Waals surface area contributed by atoms with Crippen molar-refractivity contribution in [3.63, 3.8) is 0 Å². The van der Waals surface area contributed by atoms with Gasteiger partial charge in [-0.2, -0.15) is 0 Å². The van der Waals surface area contributed by atoms with Crippen molar-refractivity contribution in [1.82, 2.24) is 5.32 Å². The number of benzene rings is 2. The zero-order valence-electron chi connectivity index (χ0n) is 13.6. The smallest absolute Gasteiger partial charge is 0.261 e. The molecule has 2 rings (SSSR count). The molecule has 2 aromatic carbocycles. The lowest BCUT2D eigenvalue weighted by atomic mass is 10.1. The van der Waals surface area contributed by atoms with Crippen molar-refractivity contribution in [1.29, 1.82) is 0 Å². The van der Waals surface area contributed by atoms with E-state index in [9.17, 15) is 4.79 Å². The average molecular weight is 299 g/mol. The molecule has 0 radical (unpaired) electrons. The second-order valence-electron chi connectivity index (χ2n) is 5.69. The third-order valence-corrected chi connectivity index (χ3v) is 3.79. The average Bonchev–Trinajstić information content (AvgIpc) is 2.52. The number of hydrogen-bond donors (Lipinski definition) is 1. The summed E-state index contributed by atoms with van der Waals surface area (Å²) in [6.07, 6.45) is 2.23. The zero-order chi connectivity index (χ0) is 15.9. The lowest BCUT2D eigenvalue weighted by molar-refractivity contribution is -0.128. The van der Waals surface area contributed by atoms with Crippen LogP contribution in [-0.2, 0) is 4.79 Å². The number of fused-ring (bicyclic) bond motifs is 1. The molecule has 0 aromatic heterocycles. The number of hydrogen-bond acceptors (Lipinski definition) is 2. The van der Waals surface area contributed by atoms with Gasteiger partial charge in [0, 0.05) is 11.4 Å². The van der Waals surface area contributed by atoms with Crippen LogP contribution in [-0.4, -0.2) is 18.1 Å². The lowest BCUT2D eigenvalue weighted by Gasteiger charge is -2.21. The van der Waals surface area contributed by atoms with E-state index in [1.807, 2.05) is 56.3 Å². The fourth-order valence-corrected chi connectivity index (χ4v) is 2.61. The van der Waals surface area contributed by atoms with Crippen molar-refractivity contribution >= 4 is 16.7 Å². The van der Waals surface area contributed by atoms with Crippen molar-refractivity contribution in [2.45, 2.75) is 52.2 Å². The van der Waals surface area contributed by atoms with Gasteiger partial charge < -0.3 is 10.1 Å². The van der Waals surface area contributed by atoms with Crippen LogP contribution in [0.25, 0.3) is 10.8 Å². The second kappa shape index (κ2) is 7.83. The topological polar surface area (TPSA) is 38.3 Å². The molecule has 0 aliphatic rings. The van der Waals surface area contributed by atoms with Crippen molar-refractivity contribution in [3.05, 3.63) is 42.5 Å². The van der Waals surface area contributed by atoms with Gasteiger partial charge in [-0.15, -0.1) is 0 Å². The second-order valence-corrected chi connectivity index (χ2v) is 5.69. The minimum absolute atomic E-state index is 0.0311. The van der Waals surface area contributed by atoms with Crippen molar-refractivity contribution < 1.29 is 9.53 Å². The van der Waals surface area contributed by atoms with E-state index in [0.29, 0.717) is 6.42 Å². The third kappa shape index (κ3) is 4.00. The molecule has 0 unspecified atom stereocenters. The first kappa shape index (κ1) is 16.3. The molecule has 118 valence electrons. The number of amides is 1. The van der Waals surface area contributed by atoms with Crippen LogP contribution in [0.2, 0.25) is 0 Å². The summed E-state index contributed by atoms with van der Waals surface area (Å²) < 4.78 is 6.01. The van der Waals surface area contributed by atoms with Crippen molar-refractivity contribution in [2.75, 3.05) is 0 Å². The highest BCUT2D eigenvalue weighted by atomic mass is 16.5. The van der Waals surface area contributed by atoms with Crippen LogP contribution in [0, 0.1) is 0 Å². The highest BCUT2D eigenvalue weighted by Gasteiger charge is 2.20. The molecular formula is C19H25NO2. The highest BCUT2D eigenvalue weighted by Crippen LogP contribution is 2.26. The molecule has 0 saturated heterocycles. The molecule has 0 bridgehead atoms. The number of carbonyl (C=O) groups excluding carboxylic acids is 1. The molecule has 0 heterocycles. The number of nitrogens with one attached hydrogen (secondary N) is 1. The monoisotopic (exact) mass is 299 g/mol. The van der Waals surface area contributed by atoms with Gasteiger partial charge in [0.05, 0.1) is 0 Å². The molecule has 0 spiro atoms. The maximum atomic E-state index is 12.4. The quantitative estimate of drug-likeness (QED) is 0.827. The van der Waals surface area contributed by atoms with Crippen LogP contribution in [0.3, 0.4) is 0 Å². The SMILES string of the molecule is CCC[C@@H](C)NC(=O)[C@@H](CC)Oc1cccc2ccccc12. The summed E-state index contributed by atoms with van der Waals surface area (Å²) in [5, 5.41) is 5.20. The van der Waals surface area contributed by atoms with Crippen LogP contribution in [0.5, 0.6) is 5.75 Å². The van der Waals surface area contributed by atoms with E-state index in [4.69, 9.17) is 4.74 Å². The molecule has 1 amide bonds. The maximum Gasteiger partial charge on any atom is 0.261 e. The van der Waals surface area contributed by atoms with Crippen LogP contribution >= 0.6 is 0 Å². The number of rotatable bonds is 7. The summed E-state index contributed by atoms with van der Waals surface area (Å²) in [7, 11) is 0. The van der Waals surface area contributed by atoms with E-state index in [2.05, 4.69) is 12.2 Å². The predicted octanol–water partition coefficient (Wildman–Crippen LogP) is 4.30. The van der Waals surface area contributed by atoms with Crippen molar-refractivity contribution in [2.24, 2.45) is 0 Å². The molecule has 22 heavy (non-hydrogen) atoms. The molecule has 0 fully saturated rings. The number of ether oxygens (including phenoxy) is 1. The predicted molar refractivity (Wildman–Crippen MR) is 91.2 cm³/mol. The molecule has 1 N–H and O–H groups in total. The first-order chi connectivity index (χ1) is 10.7. The molecule has 3 heteroatoms. The van der Waals surface area contributed by atoms with Gasteiger partial charge in [-0.1, -0.05) is 56.7 Å². The summed E-state index contributed by atoms with van der Waals surface area (Å²) in [6.45, 7) is 6.12. The van der Waals surface area contributed by atoms with E-state index >= 15 is 0 Å². The largest absolute Gasteiger partial charge is 0.480 e. The summed E-state index contributed by atoms with van der Waals surface area (Å²) >= 11 is 0. The zero-order valence-corrected chi connectivity index (χ0v) is 13.6. The Balaban J connectivity index is 2.13. The molecule has 0 aliphatic carbocycles. The first-order valence-electron chi connectivity index (χ1n) is 8.10. The van der Waals surface area contributed by atoms with Gasteiger partial charge in [-0.25, -0.2) is 0 Å². The van der Waals surface area contributed by atoms with E-state index in [1.165, 1.54) is 0 Å². The summed E-state index contributed by atoms with van der Waals surface area (Å²) in [5.41, 5.74) is 0. The summed E-state index contributed by atoms with van der Waals surface area (Å²) in [4.78, 5) is 12.4. The molecule has 2 aromatic rings. The Hall–Kier alpha value is -2.03. The first-order valence-corrected chi connectivity index (χ1v) is 8.10. The van der Waals surface area contributed by atoms with Crippen LogP contribution in [0.15, 0.2) is 42.5 Å². The van der Waals surface area contributed by atoms with Gasteiger partial charge >= 0.3 is 0 Å². The molecule has 0 saturated carbocycles. The molecular weight excluding hydrogens is 274 g/mol. The summed E-state index contributed by atoms with van der Waals surface area (Å²) in [5.74, 6) is 0.736. The van der Waals surface area contributed by atoms with Gasteiger partial charge in [-0.3, -0.25) is 4.79 Å². The molecule has 2 atom stereocenters. The van der Waals surface area contributed by atoms with E-state index in [-0.39, 0.29) is 11.9 Å². The van der Waals surface area contributed by atoms with Crippen LogP contribution < -0.4 is 10.1 Å². The fourth-order valence-electron chi connectivity index (χ4n) is 2.61. The minimum atomic E-state index is -0.454. The Labute approximate surface area is 132 Å². The lowest BCUT2D eigenvalue weighted by Crippen LogP contribution is -2.42. The van der Waals surface area contributed by atoms with Gasteiger partial charge in [0.2, 0.25) is 0 Å². The van der Waals surface area contributed by atoms with Gasteiger partial charge in [-0.05, 0) is 31.2 Å². The van der Waals surface area contributed by atoms with E-state index in [0.717, 1.165) is 29.4 Å². The number of carbonyl (C=O) groups is 1. The normalized spacial score (nSPS) is 13.6. The third-order valence-electron chi connectivity index (χ3n) is 3.79. The summed E-state index contributed by atoms with van der Waals surface area (Å²) in [6, 6.07) is 14.2.